The van der Waals surface area contributed by atoms with Crippen molar-refractivity contribution >= 4 is 11.8 Å². The molecule has 0 aliphatic heterocycles. The quantitative estimate of drug-likeness (QED) is 0.777. The molecule has 0 aromatic heterocycles. The van der Waals surface area contributed by atoms with Gasteiger partial charge in [0.1, 0.15) is 5.75 Å². The first-order valence-corrected chi connectivity index (χ1v) is 6.16. The normalized spacial score (nSPS) is 10.1. The first-order valence-electron chi connectivity index (χ1n) is 5.34. The Morgan fingerprint density at radius 2 is 1.50 bits per heavy atom. The van der Waals surface area contributed by atoms with Gasteiger partial charge in [-0.15, -0.1) is 0 Å². The van der Waals surface area contributed by atoms with Gasteiger partial charge in [-0.1, -0.05) is 30.0 Å². The van der Waals surface area contributed by atoms with Gasteiger partial charge in [0, 0.05) is 9.79 Å². The zero-order valence-electron chi connectivity index (χ0n) is 9.22. The Kier molecular flexibility index (Phi) is 3.89. The van der Waals surface area contributed by atoms with Gasteiger partial charge in [0.15, 0.2) is 0 Å². The van der Waals surface area contributed by atoms with Crippen molar-refractivity contribution < 1.29 is 4.74 Å². The molecule has 0 saturated heterocycles. The van der Waals surface area contributed by atoms with Crippen molar-refractivity contribution in [3.63, 3.8) is 0 Å². The minimum Gasteiger partial charge on any atom is -0.494 e. The smallest absolute Gasteiger partial charge is 0.119 e. The molecule has 0 saturated carbocycles. The van der Waals surface area contributed by atoms with Crippen molar-refractivity contribution in [1.82, 2.24) is 0 Å². The van der Waals surface area contributed by atoms with E-state index in [2.05, 4.69) is 36.4 Å². The third-order valence-electron chi connectivity index (χ3n) is 2.11. The van der Waals surface area contributed by atoms with E-state index in [0.717, 1.165) is 5.75 Å². The summed E-state index contributed by atoms with van der Waals surface area (Å²) in [7, 11) is 0. The van der Waals surface area contributed by atoms with Crippen LogP contribution in [-0.4, -0.2) is 6.61 Å². The fraction of sp³-hybridized carbons (Fsp3) is 0.143. The second-order valence-corrected chi connectivity index (χ2v) is 4.47. The molecule has 2 aromatic rings. The molecule has 16 heavy (non-hydrogen) atoms. The molecule has 2 aromatic carbocycles. The number of hydrogen-bond acceptors (Lipinski definition) is 2. The molecule has 0 N–H and O–H groups in total. The molecular weight excluding hydrogens is 216 g/mol. The maximum atomic E-state index is 5.40. The average molecular weight is 230 g/mol. The topological polar surface area (TPSA) is 9.23 Å². The second kappa shape index (κ2) is 5.61. The van der Waals surface area contributed by atoms with Crippen molar-refractivity contribution in [3.05, 3.63) is 54.6 Å². The Hall–Kier alpha value is -1.41. The van der Waals surface area contributed by atoms with Crippen LogP contribution >= 0.6 is 11.8 Å². The van der Waals surface area contributed by atoms with E-state index in [-0.39, 0.29) is 0 Å². The maximum Gasteiger partial charge on any atom is 0.119 e. The third kappa shape index (κ3) is 3.04. The van der Waals surface area contributed by atoms with Gasteiger partial charge in [-0.25, -0.2) is 0 Å². The zero-order chi connectivity index (χ0) is 11.2. The van der Waals surface area contributed by atoms with Gasteiger partial charge in [0.25, 0.3) is 0 Å². The SMILES string of the molecule is CCOc1ccc(Sc2ccccc2)cc1. The van der Waals surface area contributed by atoms with Crippen LogP contribution in [0.15, 0.2) is 64.4 Å². The summed E-state index contributed by atoms with van der Waals surface area (Å²) in [4.78, 5) is 2.49. The van der Waals surface area contributed by atoms with Gasteiger partial charge >= 0.3 is 0 Å². The third-order valence-corrected chi connectivity index (χ3v) is 3.13. The van der Waals surface area contributed by atoms with Crippen molar-refractivity contribution in [1.29, 1.82) is 0 Å². The molecule has 2 rings (SSSR count). The van der Waals surface area contributed by atoms with E-state index >= 15 is 0 Å². The van der Waals surface area contributed by atoms with Crippen LogP contribution in [-0.2, 0) is 0 Å². The molecule has 2 heteroatoms. The summed E-state index contributed by atoms with van der Waals surface area (Å²) in [5.74, 6) is 0.930. The molecule has 1 nitrogen and oxygen atoms in total. The first-order chi connectivity index (χ1) is 7.88. The Labute approximate surface area is 100 Å². The molecule has 0 heterocycles. The summed E-state index contributed by atoms with van der Waals surface area (Å²) in [6.07, 6.45) is 0. The van der Waals surface area contributed by atoms with Crippen LogP contribution in [0.2, 0.25) is 0 Å². The molecular formula is C14H14OS. The lowest BCUT2D eigenvalue weighted by molar-refractivity contribution is 0.340. The molecule has 0 spiro atoms. The molecule has 0 amide bonds. The summed E-state index contributed by atoms with van der Waals surface area (Å²) in [5, 5.41) is 0. The van der Waals surface area contributed by atoms with Gasteiger partial charge in [-0.2, -0.15) is 0 Å². The largest absolute Gasteiger partial charge is 0.494 e. The fourth-order valence-corrected chi connectivity index (χ4v) is 2.23. The van der Waals surface area contributed by atoms with Crippen LogP contribution in [0.4, 0.5) is 0 Å². The average Bonchev–Trinajstić information content (AvgIpc) is 2.33. The number of rotatable bonds is 4. The monoisotopic (exact) mass is 230 g/mol. The van der Waals surface area contributed by atoms with Crippen LogP contribution in [0, 0.1) is 0 Å². The highest BCUT2D eigenvalue weighted by Crippen LogP contribution is 2.28. The van der Waals surface area contributed by atoms with Crippen LogP contribution in [0.5, 0.6) is 5.75 Å². The lowest BCUT2D eigenvalue weighted by Crippen LogP contribution is -1.90. The van der Waals surface area contributed by atoms with Gasteiger partial charge in [0.05, 0.1) is 6.61 Å². The van der Waals surface area contributed by atoms with E-state index in [0.29, 0.717) is 6.61 Å². The molecule has 0 aliphatic carbocycles. The zero-order valence-corrected chi connectivity index (χ0v) is 10.0. The predicted octanol–water partition coefficient (Wildman–Crippen LogP) is 4.24. The summed E-state index contributed by atoms with van der Waals surface area (Å²) >= 11 is 1.76. The minimum absolute atomic E-state index is 0.713. The Bertz CT molecular complexity index is 422. The summed E-state index contributed by atoms with van der Waals surface area (Å²) in [6.45, 7) is 2.71. The van der Waals surface area contributed by atoms with Crippen molar-refractivity contribution in [2.24, 2.45) is 0 Å². The lowest BCUT2D eigenvalue weighted by Gasteiger charge is -2.04. The van der Waals surface area contributed by atoms with Crippen LogP contribution in [0.25, 0.3) is 0 Å². The summed E-state index contributed by atoms with van der Waals surface area (Å²) in [5.41, 5.74) is 0. The Morgan fingerprint density at radius 1 is 0.875 bits per heavy atom. The van der Waals surface area contributed by atoms with Gasteiger partial charge in [-0.05, 0) is 43.3 Å². The number of benzene rings is 2. The van der Waals surface area contributed by atoms with E-state index in [1.807, 2.05) is 25.1 Å². The van der Waals surface area contributed by atoms with E-state index in [1.54, 1.807) is 11.8 Å². The Balaban J connectivity index is 2.05. The molecule has 0 aliphatic rings. The standard InChI is InChI=1S/C14H14OS/c1-2-15-12-8-10-14(11-9-12)16-13-6-4-3-5-7-13/h3-11H,2H2,1H3. The van der Waals surface area contributed by atoms with E-state index in [9.17, 15) is 0 Å². The maximum absolute atomic E-state index is 5.40. The van der Waals surface area contributed by atoms with E-state index in [4.69, 9.17) is 4.74 Å². The highest BCUT2D eigenvalue weighted by molar-refractivity contribution is 7.99. The number of hydrogen-bond donors (Lipinski definition) is 0. The first kappa shape index (κ1) is 11.1. The van der Waals surface area contributed by atoms with E-state index in [1.165, 1.54) is 9.79 Å². The summed E-state index contributed by atoms with van der Waals surface area (Å²) < 4.78 is 5.40. The second-order valence-electron chi connectivity index (χ2n) is 3.32. The summed E-state index contributed by atoms with van der Waals surface area (Å²) in [6, 6.07) is 18.5. The van der Waals surface area contributed by atoms with Gasteiger partial charge < -0.3 is 4.74 Å². The van der Waals surface area contributed by atoms with Crippen LogP contribution in [0.3, 0.4) is 0 Å². The molecule has 0 fully saturated rings. The molecule has 0 atom stereocenters. The lowest BCUT2D eigenvalue weighted by atomic mass is 10.3. The Morgan fingerprint density at radius 3 is 2.12 bits per heavy atom. The van der Waals surface area contributed by atoms with Crippen molar-refractivity contribution in [2.45, 2.75) is 16.7 Å². The highest BCUT2D eigenvalue weighted by atomic mass is 32.2. The molecule has 0 bridgehead atoms. The number of ether oxygens (including phenoxy) is 1. The predicted molar refractivity (Wildman–Crippen MR) is 68.2 cm³/mol. The van der Waals surface area contributed by atoms with Gasteiger partial charge in [-0.3, -0.25) is 0 Å². The molecule has 0 unspecified atom stereocenters. The molecule has 82 valence electrons. The van der Waals surface area contributed by atoms with Crippen molar-refractivity contribution in [3.8, 4) is 5.75 Å². The van der Waals surface area contributed by atoms with Gasteiger partial charge in [0.2, 0.25) is 0 Å². The highest BCUT2D eigenvalue weighted by Gasteiger charge is 1.97. The fourth-order valence-electron chi connectivity index (χ4n) is 1.40. The minimum atomic E-state index is 0.713. The molecule has 0 radical (unpaired) electrons. The van der Waals surface area contributed by atoms with Crippen LogP contribution in [0.1, 0.15) is 6.92 Å². The van der Waals surface area contributed by atoms with Crippen molar-refractivity contribution in [2.75, 3.05) is 6.61 Å². The van der Waals surface area contributed by atoms with E-state index < -0.39 is 0 Å². The van der Waals surface area contributed by atoms with Crippen LogP contribution < -0.4 is 4.74 Å².